The van der Waals surface area contributed by atoms with Crippen LogP contribution in [0.1, 0.15) is 24.0 Å². The Morgan fingerprint density at radius 1 is 1.45 bits per heavy atom. The summed E-state index contributed by atoms with van der Waals surface area (Å²) in [7, 11) is 0. The maximum absolute atomic E-state index is 11.9. The maximum Gasteiger partial charge on any atom is 0.326 e. The number of aliphatic carboxylic acids is 1. The van der Waals surface area contributed by atoms with Crippen molar-refractivity contribution < 1.29 is 19.4 Å². The molecule has 2 N–H and O–H groups in total. The maximum atomic E-state index is 11.9. The first-order valence-corrected chi connectivity index (χ1v) is 6.77. The average molecular weight is 277 g/mol. The van der Waals surface area contributed by atoms with Crippen molar-refractivity contribution in [3.63, 3.8) is 0 Å². The van der Waals surface area contributed by atoms with Gasteiger partial charge in [0.1, 0.15) is 12.1 Å². The molecule has 1 aromatic rings. The summed E-state index contributed by atoms with van der Waals surface area (Å²) >= 11 is 0. The Bertz CT molecular complexity index is 494. The molecule has 0 aromatic heterocycles. The van der Waals surface area contributed by atoms with Gasteiger partial charge in [-0.2, -0.15) is 0 Å². The minimum Gasteiger partial charge on any atom is -0.480 e. The molecule has 0 saturated carbocycles. The summed E-state index contributed by atoms with van der Waals surface area (Å²) in [5.74, 6) is -1.36. The van der Waals surface area contributed by atoms with Crippen LogP contribution in [0, 0.1) is 6.92 Å². The van der Waals surface area contributed by atoms with Gasteiger partial charge in [0.25, 0.3) is 0 Å². The second-order valence-corrected chi connectivity index (χ2v) is 5.03. The molecule has 0 bridgehead atoms. The van der Waals surface area contributed by atoms with E-state index in [-0.39, 0.29) is 12.3 Å². The molecule has 1 fully saturated rings. The zero-order valence-electron chi connectivity index (χ0n) is 11.5. The number of carbonyl (C=O) groups is 2. The lowest BCUT2D eigenvalue weighted by Gasteiger charge is -2.18. The highest BCUT2D eigenvalue weighted by molar-refractivity contribution is 5.86. The largest absolute Gasteiger partial charge is 0.480 e. The summed E-state index contributed by atoms with van der Waals surface area (Å²) in [4.78, 5) is 23.2. The van der Waals surface area contributed by atoms with E-state index in [1.165, 1.54) is 0 Å². The molecule has 5 heteroatoms. The Balaban J connectivity index is 2.02. The van der Waals surface area contributed by atoms with Gasteiger partial charge in [-0.15, -0.1) is 0 Å². The van der Waals surface area contributed by atoms with Gasteiger partial charge in [0.05, 0.1) is 0 Å². The number of carbonyl (C=O) groups excluding carboxylic acids is 1. The molecule has 108 valence electrons. The van der Waals surface area contributed by atoms with Gasteiger partial charge in [0.15, 0.2) is 0 Å². The zero-order chi connectivity index (χ0) is 14.5. The van der Waals surface area contributed by atoms with Crippen LogP contribution < -0.4 is 5.32 Å². The number of aryl methyl sites for hydroxylation is 1. The van der Waals surface area contributed by atoms with Crippen molar-refractivity contribution in [3.8, 4) is 0 Å². The molecule has 1 aliphatic heterocycles. The Morgan fingerprint density at radius 3 is 2.80 bits per heavy atom. The summed E-state index contributed by atoms with van der Waals surface area (Å²) in [6.07, 6.45) is 1.27. The molecule has 20 heavy (non-hydrogen) atoms. The van der Waals surface area contributed by atoms with Crippen molar-refractivity contribution in [2.75, 3.05) is 6.61 Å². The van der Waals surface area contributed by atoms with Crippen molar-refractivity contribution in [3.05, 3.63) is 35.4 Å². The Morgan fingerprint density at radius 2 is 2.20 bits per heavy atom. The highest BCUT2D eigenvalue weighted by Gasteiger charge is 2.28. The second-order valence-electron chi connectivity index (χ2n) is 5.03. The number of hydrogen-bond acceptors (Lipinski definition) is 3. The molecule has 5 nitrogen and oxygen atoms in total. The number of rotatable bonds is 5. The highest BCUT2D eigenvalue weighted by atomic mass is 16.5. The van der Waals surface area contributed by atoms with Gasteiger partial charge in [-0.3, -0.25) is 4.79 Å². The molecule has 1 aromatic carbocycles. The zero-order valence-corrected chi connectivity index (χ0v) is 11.5. The monoisotopic (exact) mass is 277 g/mol. The number of carboxylic acids is 1. The molecule has 2 atom stereocenters. The van der Waals surface area contributed by atoms with Crippen LogP contribution in [-0.4, -0.2) is 35.7 Å². The number of hydrogen-bond donors (Lipinski definition) is 2. The second kappa shape index (κ2) is 6.52. The standard InChI is InChI=1S/C15H19NO4/c1-10-5-2-3-6-11(10)9-12(15(18)19)16-14(17)13-7-4-8-20-13/h2-3,5-6,12-13H,4,7-9H2,1H3,(H,16,17)(H,18,19)/t12-,13+/m0/s1. The van der Waals surface area contributed by atoms with E-state index in [2.05, 4.69) is 5.32 Å². The Hall–Kier alpha value is -1.88. The number of nitrogens with one attached hydrogen (secondary N) is 1. The van der Waals surface area contributed by atoms with Gasteiger partial charge < -0.3 is 15.2 Å². The third kappa shape index (κ3) is 3.57. The molecule has 1 amide bonds. The highest BCUT2D eigenvalue weighted by Crippen LogP contribution is 2.14. The molecular weight excluding hydrogens is 258 g/mol. The van der Waals surface area contributed by atoms with E-state index in [4.69, 9.17) is 4.74 Å². The summed E-state index contributed by atoms with van der Waals surface area (Å²) in [5.41, 5.74) is 1.94. The molecule has 1 saturated heterocycles. The first kappa shape index (κ1) is 14.5. The average Bonchev–Trinajstić information content (AvgIpc) is 2.94. The van der Waals surface area contributed by atoms with Crippen LogP contribution in [0.4, 0.5) is 0 Å². The lowest BCUT2D eigenvalue weighted by molar-refractivity contribution is -0.143. The van der Waals surface area contributed by atoms with Crippen molar-refractivity contribution in [2.45, 2.75) is 38.3 Å². The van der Waals surface area contributed by atoms with E-state index >= 15 is 0 Å². The van der Waals surface area contributed by atoms with Crippen molar-refractivity contribution in [1.82, 2.24) is 5.32 Å². The lowest BCUT2D eigenvalue weighted by atomic mass is 10.0. The number of carboxylic acid groups (broad SMARTS) is 1. The third-order valence-electron chi connectivity index (χ3n) is 3.52. The fraction of sp³-hybridized carbons (Fsp3) is 0.467. The summed E-state index contributed by atoms with van der Waals surface area (Å²) < 4.78 is 5.26. The normalized spacial score (nSPS) is 19.6. The molecule has 0 unspecified atom stereocenters. The van der Waals surface area contributed by atoms with E-state index in [0.29, 0.717) is 13.0 Å². The summed E-state index contributed by atoms with van der Waals surface area (Å²) in [6.45, 7) is 2.49. The van der Waals surface area contributed by atoms with Gasteiger partial charge in [0.2, 0.25) is 5.91 Å². The van der Waals surface area contributed by atoms with E-state index in [9.17, 15) is 14.7 Å². The SMILES string of the molecule is Cc1ccccc1C[C@H](NC(=O)[C@H]1CCCO1)C(=O)O. The van der Waals surface area contributed by atoms with Gasteiger partial charge in [0, 0.05) is 13.0 Å². The Kier molecular flexibility index (Phi) is 4.74. The molecule has 0 spiro atoms. The molecule has 0 radical (unpaired) electrons. The molecule has 0 aliphatic carbocycles. The van der Waals surface area contributed by atoms with E-state index in [0.717, 1.165) is 17.5 Å². The predicted molar refractivity (Wildman–Crippen MR) is 73.4 cm³/mol. The minimum absolute atomic E-state index is 0.278. The van der Waals surface area contributed by atoms with Crippen LogP contribution in [0.25, 0.3) is 0 Å². The minimum atomic E-state index is -1.03. The first-order chi connectivity index (χ1) is 9.58. The third-order valence-corrected chi connectivity index (χ3v) is 3.52. The number of benzene rings is 1. The fourth-order valence-electron chi connectivity index (χ4n) is 2.31. The van der Waals surface area contributed by atoms with Gasteiger partial charge >= 0.3 is 5.97 Å². The van der Waals surface area contributed by atoms with Crippen LogP contribution in [0.2, 0.25) is 0 Å². The van der Waals surface area contributed by atoms with Crippen LogP contribution in [0.5, 0.6) is 0 Å². The van der Waals surface area contributed by atoms with E-state index < -0.39 is 18.1 Å². The van der Waals surface area contributed by atoms with Gasteiger partial charge in [-0.05, 0) is 30.9 Å². The van der Waals surface area contributed by atoms with Gasteiger partial charge in [-0.25, -0.2) is 4.79 Å². The van der Waals surface area contributed by atoms with Crippen molar-refractivity contribution >= 4 is 11.9 Å². The van der Waals surface area contributed by atoms with Gasteiger partial charge in [-0.1, -0.05) is 24.3 Å². The first-order valence-electron chi connectivity index (χ1n) is 6.77. The predicted octanol–water partition coefficient (Wildman–Crippen LogP) is 1.29. The molecule has 1 aliphatic rings. The number of amides is 1. The van der Waals surface area contributed by atoms with Crippen molar-refractivity contribution in [1.29, 1.82) is 0 Å². The smallest absolute Gasteiger partial charge is 0.326 e. The molecular formula is C15H19NO4. The Labute approximate surface area is 117 Å². The lowest BCUT2D eigenvalue weighted by Crippen LogP contribution is -2.46. The van der Waals surface area contributed by atoms with Crippen molar-refractivity contribution in [2.24, 2.45) is 0 Å². The topological polar surface area (TPSA) is 75.6 Å². The van der Waals surface area contributed by atoms with Crippen LogP contribution in [-0.2, 0) is 20.7 Å². The quantitative estimate of drug-likeness (QED) is 0.850. The van der Waals surface area contributed by atoms with Crippen LogP contribution in [0.15, 0.2) is 24.3 Å². The van der Waals surface area contributed by atoms with E-state index in [1.807, 2.05) is 31.2 Å². The van der Waals surface area contributed by atoms with E-state index in [1.54, 1.807) is 0 Å². The van der Waals surface area contributed by atoms with Crippen LogP contribution in [0.3, 0.4) is 0 Å². The summed E-state index contributed by atoms with van der Waals surface area (Å²) in [6, 6.07) is 6.65. The van der Waals surface area contributed by atoms with Crippen LogP contribution >= 0.6 is 0 Å². The molecule has 1 heterocycles. The fourth-order valence-corrected chi connectivity index (χ4v) is 2.31. The number of ether oxygens (including phenoxy) is 1. The summed E-state index contributed by atoms with van der Waals surface area (Å²) in [5, 5.41) is 11.8. The molecule has 2 rings (SSSR count).